The SMILES string of the molecule is COc1ccc(C=CC(=O)CS(=O)(=O)/C=C/c2ccc(OC)c([N+](=O)[O-])c2)cc1[N+](=O)[O-]. The van der Waals surface area contributed by atoms with Gasteiger partial charge in [-0.05, 0) is 35.4 Å². The van der Waals surface area contributed by atoms with Gasteiger partial charge in [-0.1, -0.05) is 18.2 Å². The van der Waals surface area contributed by atoms with Crippen LogP contribution in [0.15, 0.2) is 47.9 Å². The summed E-state index contributed by atoms with van der Waals surface area (Å²) in [4.78, 5) is 32.8. The van der Waals surface area contributed by atoms with Crippen molar-refractivity contribution in [2.45, 2.75) is 0 Å². The number of nitrogens with zero attached hydrogens (tertiary/aromatic N) is 2. The molecule has 0 amide bonds. The van der Waals surface area contributed by atoms with Gasteiger partial charge in [0.05, 0.1) is 24.1 Å². The minimum atomic E-state index is -3.98. The van der Waals surface area contributed by atoms with Gasteiger partial charge in [-0.15, -0.1) is 0 Å². The molecule has 2 aromatic carbocycles. The Morgan fingerprint density at radius 2 is 1.38 bits per heavy atom. The van der Waals surface area contributed by atoms with Crippen LogP contribution in [-0.2, 0) is 14.6 Å². The van der Waals surface area contributed by atoms with Crippen LogP contribution in [0.3, 0.4) is 0 Å². The van der Waals surface area contributed by atoms with Crippen LogP contribution in [0, 0.1) is 20.2 Å². The molecule has 0 fully saturated rings. The lowest BCUT2D eigenvalue weighted by atomic mass is 10.1. The van der Waals surface area contributed by atoms with Crippen LogP contribution in [0.4, 0.5) is 11.4 Å². The Morgan fingerprint density at radius 3 is 1.81 bits per heavy atom. The molecule has 32 heavy (non-hydrogen) atoms. The first-order chi connectivity index (χ1) is 15.1. The zero-order valence-corrected chi connectivity index (χ0v) is 17.8. The maximum Gasteiger partial charge on any atom is 0.311 e. The molecule has 0 unspecified atom stereocenters. The fraction of sp³-hybridized carbons (Fsp3) is 0.150. The van der Waals surface area contributed by atoms with Gasteiger partial charge in [-0.2, -0.15) is 0 Å². The summed E-state index contributed by atoms with van der Waals surface area (Å²) in [5.41, 5.74) is -0.0928. The summed E-state index contributed by atoms with van der Waals surface area (Å²) in [7, 11) is -1.42. The number of ether oxygens (including phenoxy) is 2. The first kappa shape index (κ1) is 24.2. The van der Waals surface area contributed by atoms with Gasteiger partial charge < -0.3 is 9.47 Å². The molecular formula is C20H18N2O9S. The van der Waals surface area contributed by atoms with E-state index in [0.717, 1.165) is 23.6 Å². The smallest absolute Gasteiger partial charge is 0.311 e. The first-order valence-electron chi connectivity index (χ1n) is 8.83. The van der Waals surface area contributed by atoms with Gasteiger partial charge in [0.1, 0.15) is 5.75 Å². The van der Waals surface area contributed by atoms with Crippen molar-refractivity contribution in [3.05, 3.63) is 79.2 Å². The van der Waals surface area contributed by atoms with Crippen molar-refractivity contribution in [2.24, 2.45) is 0 Å². The number of ketones is 1. The lowest BCUT2D eigenvalue weighted by molar-refractivity contribution is -0.385. The molecule has 0 atom stereocenters. The van der Waals surface area contributed by atoms with Crippen molar-refractivity contribution in [1.29, 1.82) is 0 Å². The number of hydrogen-bond acceptors (Lipinski definition) is 9. The maximum absolute atomic E-state index is 12.2. The van der Waals surface area contributed by atoms with Crippen LogP contribution >= 0.6 is 0 Å². The molecule has 0 spiro atoms. The summed E-state index contributed by atoms with van der Waals surface area (Å²) >= 11 is 0. The number of carbonyl (C=O) groups excluding carboxylic acids is 1. The Balaban J connectivity index is 2.13. The van der Waals surface area contributed by atoms with E-state index in [2.05, 4.69) is 0 Å². The van der Waals surface area contributed by atoms with E-state index in [1.54, 1.807) is 0 Å². The molecule has 12 heteroatoms. The highest BCUT2D eigenvalue weighted by atomic mass is 32.2. The molecule has 0 aliphatic rings. The Morgan fingerprint density at radius 1 is 0.906 bits per heavy atom. The van der Waals surface area contributed by atoms with E-state index in [1.165, 1.54) is 50.6 Å². The maximum atomic E-state index is 12.2. The minimum absolute atomic E-state index is 0.0223. The normalized spacial score (nSPS) is 11.6. The number of rotatable bonds is 10. The third-order valence-electron chi connectivity index (χ3n) is 4.07. The van der Waals surface area contributed by atoms with Crippen molar-refractivity contribution in [2.75, 3.05) is 20.0 Å². The quantitative estimate of drug-likeness (QED) is 0.294. The van der Waals surface area contributed by atoms with Gasteiger partial charge in [0.2, 0.25) is 0 Å². The number of benzene rings is 2. The highest BCUT2D eigenvalue weighted by Gasteiger charge is 2.16. The fourth-order valence-corrected chi connectivity index (χ4v) is 3.53. The van der Waals surface area contributed by atoms with Gasteiger partial charge in [-0.25, -0.2) is 8.42 Å². The van der Waals surface area contributed by atoms with E-state index < -0.39 is 31.2 Å². The lowest BCUT2D eigenvalue weighted by Crippen LogP contribution is -2.11. The number of nitro groups is 2. The summed E-state index contributed by atoms with van der Waals surface area (Å²) in [6, 6.07) is 7.91. The highest BCUT2D eigenvalue weighted by Crippen LogP contribution is 2.29. The number of sulfone groups is 1. The first-order valence-corrected chi connectivity index (χ1v) is 10.5. The second-order valence-corrected chi connectivity index (χ2v) is 8.17. The molecule has 0 radical (unpaired) electrons. The Bertz CT molecular complexity index is 1220. The number of carbonyl (C=O) groups is 1. The Labute approximate surface area is 182 Å². The van der Waals surface area contributed by atoms with E-state index in [0.29, 0.717) is 5.56 Å². The third-order valence-corrected chi connectivity index (χ3v) is 5.31. The molecule has 0 saturated heterocycles. The zero-order chi connectivity index (χ0) is 23.9. The standard InChI is InChI=1S/C20H18N2O9S/c1-30-19-7-4-14(11-17(19)21(24)25)3-6-16(23)13-32(28,29)10-9-15-5-8-20(31-2)18(12-15)22(26)27/h3-12H,13H2,1-2H3/b6-3?,10-9+. The highest BCUT2D eigenvalue weighted by molar-refractivity contribution is 7.95. The molecule has 2 rings (SSSR count). The Kier molecular flexibility index (Phi) is 7.80. The van der Waals surface area contributed by atoms with E-state index in [4.69, 9.17) is 9.47 Å². The molecule has 0 N–H and O–H groups in total. The Hall–Kier alpha value is -4.06. The number of hydrogen-bond donors (Lipinski definition) is 0. The van der Waals surface area contributed by atoms with Crippen LogP contribution in [0.25, 0.3) is 12.2 Å². The van der Waals surface area contributed by atoms with Crippen molar-refractivity contribution in [3.63, 3.8) is 0 Å². The number of allylic oxidation sites excluding steroid dienone is 1. The predicted octanol–water partition coefficient (Wildman–Crippen LogP) is 3.19. The summed E-state index contributed by atoms with van der Waals surface area (Å²) < 4.78 is 34.1. The molecule has 0 saturated carbocycles. The van der Waals surface area contributed by atoms with E-state index in [1.807, 2.05) is 0 Å². The van der Waals surface area contributed by atoms with Crippen molar-refractivity contribution in [1.82, 2.24) is 0 Å². The second kappa shape index (κ2) is 10.3. The third kappa shape index (κ3) is 6.47. The van der Waals surface area contributed by atoms with Gasteiger partial charge in [0.25, 0.3) is 0 Å². The van der Waals surface area contributed by atoms with Crippen molar-refractivity contribution in [3.8, 4) is 11.5 Å². The summed E-state index contributed by atoms with van der Waals surface area (Å²) in [5.74, 6) is -1.54. The second-order valence-electron chi connectivity index (χ2n) is 6.29. The molecule has 168 valence electrons. The predicted molar refractivity (Wildman–Crippen MR) is 116 cm³/mol. The molecule has 0 aromatic heterocycles. The largest absolute Gasteiger partial charge is 0.490 e. The number of nitro benzene ring substituents is 2. The van der Waals surface area contributed by atoms with E-state index >= 15 is 0 Å². The van der Waals surface area contributed by atoms with Crippen LogP contribution in [0.5, 0.6) is 11.5 Å². The van der Waals surface area contributed by atoms with Gasteiger partial charge in [0.15, 0.2) is 27.1 Å². The van der Waals surface area contributed by atoms with Crippen LogP contribution in [0.2, 0.25) is 0 Å². The minimum Gasteiger partial charge on any atom is -0.490 e. The van der Waals surface area contributed by atoms with Crippen molar-refractivity contribution >= 4 is 39.1 Å². The number of methoxy groups -OCH3 is 2. The van der Waals surface area contributed by atoms with Crippen LogP contribution in [0.1, 0.15) is 11.1 Å². The molecule has 2 aromatic rings. The average molecular weight is 462 g/mol. The molecule has 0 bridgehead atoms. The molecule has 0 aliphatic carbocycles. The van der Waals surface area contributed by atoms with Gasteiger partial charge in [-0.3, -0.25) is 25.0 Å². The summed E-state index contributed by atoms with van der Waals surface area (Å²) in [5, 5.41) is 22.9. The molecule has 0 aliphatic heterocycles. The summed E-state index contributed by atoms with van der Waals surface area (Å²) in [6.07, 6.45) is 3.38. The monoisotopic (exact) mass is 462 g/mol. The zero-order valence-electron chi connectivity index (χ0n) is 17.0. The summed E-state index contributed by atoms with van der Waals surface area (Å²) in [6.45, 7) is 0. The van der Waals surface area contributed by atoms with E-state index in [9.17, 15) is 33.4 Å². The molecule has 0 heterocycles. The molecule has 11 nitrogen and oxygen atoms in total. The van der Waals surface area contributed by atoms with Gasteiger partial charge >= 0.3 is 11.4 Å². The van der Waals surface area contributed by atoms with Crippen molar-refractivity contribution < 1.29 is 32.5 Å². The van der Waals surface area contributed by atoms with E-state index in [-0.39, 0.29) is 28.4 Å². The van der Waals surface area contributed by atoms with Crippen LogP contribution < -0.4 is 9.47 Å². The fourth-order valence-electron chi connectivity index (χ4n) is 2.57. The average Bonchev–Trinajstić information content (AvgIpc) is 2.75. The van der Waals surface area contributed by atoms with Crippen LogP contribution in [-0.4, -0.2) is 44.0 Å². The lowest BCUT2D eigenvalue weighted by Gasteiger charge is -2.02. The van der Waals surface area contributed by atoms with Gasteiger partial charge in [0, 0.05) is 17.5 Å². The molecular weight excluding hydrogens is 444 g/mol. The topological polar surface area (TPSA) is 156 Å².